The molecule has 1 heterocycles. The van der Waals surface area contributed by atoms with Gasteiger partial charge in [-0.15, -0.1) is 0 Å². The number of aliphatic hydroxyl groups is 7. The summed E-state index contributed by atoms with van der Waals surface area (Å²) in [6.07, 6.45) is 33.1. The van der Waals surface area contributed by atoms with Crippen molar-refractivity contribution >= 4 is 5.91 Å². The van der Waals surface area contributed by atoms with Gasteiger partial charge in [-0.05, 0) is 57.8 Å². The molecule has 11 nitrogen and oxygen atoms in total. The Morgan fingerprint density at radius 3 is 1.50 bits per heavy atom. The van der Waals surface area contributed by atoms with Crippen molar-refractivity contribution in [1.29, 1.82) is 0 Å². The Kier molecular flexibility index (Phi) is 37.0. The van der Waals surface area contributed by atoms with Crippen LogP contribution in [0, 0.1) is 0 Å². The summed E-state index contributed by atoms with van der Waals surface area (Å²) in [4.78, 5) is 13.0. The lowest BCUT2D eigenvalue weighted by Gasteiger charge is -2.40. The Balaban J connectivity index is 2.21. The molecule has 1 fully saturated rings. The molecule has 0 spiro atoms. The Bertz CT molecular complexity index is 1030. The number of nitrogens with one attached hydrogen (secondary N) is 1. The molecule has 60 heavy (non-hydrogen) atoms. The van der Waals surface area contributed by atoms with E-state index in [1.165, 1.54) is 135 Å². The second kappa shape index (κ2) is 39.2. The molecule has 11 heteroatoms. The maximum Gasteiger partial charge on any atom is 0.249 e. The first-order chi connectivity index (χ1) is 29.2. The average molecular weight is 856 g/mol. The highest BCUT2D eigenvalue weighted by molar-refractivity contribution is 5.80. The van der Waals surface area contributed by atoms with Crippen LogP contribution >= 0.6 is 0 Å². The van der Waals surface area contributed by atoms with Crippen molar-refractivity contribution in [3.63, 3.8) is 0 Å². The normalized spacial score (nSPS) is 21.8. The number of ether oxygens (including phenoxy) is 2. The van der Waals surface area contributed by atoms with Crippen LogP contribution in [0.4, 0.5) is 0 Å². The molecule has 0 saturated carbocycles. The molecule has 0 aromatic carbocycles. The fourth-order valence-corrected chi connectivity index (χ4v) is 7.86. The molecule has 0 bridgehead atoms. The van der Waals surface area contributed by atoms with E-state index in [2.05, 4.69) is 37.4 Å². The van der Waals surface area contributed by atoms with Gasteiger partial charge < -0.3 is 50.5 Å². The number of carbonyl (C=O) groups is 1. The van der Waals surface area contributed by atoms with Crippen molar-refractivity contribution in [2.75, 3.05) is 13.2 Å². The molecule has 1 rings (SSSR count). The number of allylic oxidation sites excluding steroid dienone is 4. The smallest absolute Gasteiger partial charge is 0.249 e. The third kappa shape index (κ3) is 28.3. The maximum atomic E-state index is 13.0. The molecule has 0 aromatic rings. The third-order valence-corrected chi connectivity index (χ3v) is 12.0. The molecule has 1 aliphatic heterocycles. The van der Waals surface area contributed by atoms with Gasteiger partial charge in [0.05, 0.1) is 25.4 Å². The fourth-order valence-electron chi connectivity index (χ4n) is 7.86. The number of amides is 1. The molecule has 354 valence electrons. The summed E-state index contributed by atoms with van der Waals surface area (Å²) in [5.41, 5.74) is 0. The van der Waals surface area contributed by atoms with Crippen LogP contribution in [0.5, 0.6) is 0 Å². The van der Waals surface area contributed by atoms with Crippen LogP contribution in [0.2, 0.25) is 0 Å². The number of carbonyl (C=O) groups excluding carboxylic acids is 1. The van der Waals surface area contributed by atoms with E-state index in [0.29, 0.717) is 12.8 Å². The largest absolute Gasteiger partial charge is 0.394 e. The number of unbranched alkanes of at least 4 members (excludes halogenated alkanes) is 25. The number of hydrogen-bond acceptors (Lipinski definition) is 10. The molecule has 1 amide bonds. The van der Waals surface area contributed by atoms with E-state index >= 15 is 0 Å². The standard InChI is InChI=1S/C49H93NO10/c1-3-5-7-9-11-12-13-14-15-16-17-18-19-20-21-22-23-24-25-26-27-28-29-30-31-33-35-37-42(53)48(58)50-40(44(54)41(52)36-34-32-10-8-6-4-2)39-59-49-47(57)46(56)45(55)43(38-51)60-49/h8,10,20-21,40-47,49,51-57H,3-7,9,11-19,22-39H2,1-2H3,(H,50,58)/b10-8+,21-20-. The van der Waals surface area contributed by atoms with E-state index in [1.54, 1.807) is 0 Å². The van der Waals surface area contributed by atoms with Gasteiger partial charge in [0, 0.05) is 0 Å². The van der Waals surface area contributed by atoms with Crippen LogP contribution in [0.15, 0.2) is 24.3 Å². The lowest BCUT2D eigenvalue weighted by molar-refractivity contribution is -0.303. The quantitative estimate of drug-likeness (QED) is 0.0218. The Labute approximate surface area is 365 Å². The Hall–Kier alpha value is -1.41. The third-order valence-electron chi connectivity index (χ3n) is 12.0. The SMILES string of the molecule is CCC/C=C/CCCC(O)C(O)C(COC1OC(CO)C(O)C(O)C1O)NC(=O)C(O)CCCCCCCCCCCCC/C=C\CCCCCCCCCCCCCC. The number of hydrogen-bond donors (Lipinski definition) is 8. The predicted molar refractivity (Wildman–Crippen MR) is 242 cm³/mol. The van der Waals surface area contributed by atoms with E-state index < -0.39 is 74.2 Å². The topological polar surface area (TPSA) is 189 Å². The molecule has 0 radical (unpaired) electrons. The van der Waals surface area contributed by atoms with Gasteiger partial charge in [-0.3, -0.25) is 4.79 Å². The van der Waals surface area contributed by atoms with Crippen LogP contribution in [-0.4, -0.2) is 110 Å². The minimum absolute atomic E-state index is 0.253. The number of aliphatic hydroxyl groups excluding tert-OH is 7. The second-order valence-electron chi connectivity index (χ2n) is 17.5. The Morgan fingerprint density at radius 1 is 0.567 bits per heavy atom. The summed E-state index contributed by atoms with van der Waals surface area (Å²) in [6, 6.07) is -1.18. The van der Waals surface area contributed by atoms with Gasteiger partial charge in [-0.1, -0.05) is 179 Å². The zero-order chi connectivity index (χ0) is 44.1. The predicted octanol–water partition coefficient (Wildman–Crippen LogP) is 8.62. The van der Waals surface area contributed by atoms with Gasteiger partial charge in [0.15, 0.2) is 6.29 Å². The lowest BCUT2D eigenvalue weighted by Crippen LogP contribution is -2.60. The van der Waals surface area contributed by atoms with Crippen molar-refractivity contribution in [2.24, 2.45) is 0 Å². The van der Waals surface area contributed by atoms with E-state index in [9.17, 15) is 40.5 Å². The molecule has 9 atom stereocenters. The van der Waals surface area contributed by atoms with E-state index in [0.717, 1.165) is 38.5 Å². The summed E-state index contributed by atoms with van der Waals surface area (Å²) >= 11 is 0. The van der Waals surface area contributed by atoms with E-state index in [4.69, 9.17) is 9.47 Å². The van der Waals surface area contributed by atoms with Crippen LogP contribution in [-0.2, 0) is 14.3 Å². The van der Waals surface area contributed by atoms with Crippen LogP contribution in [0.25, 0.3) is 0 Å². The fraction of sp³-hybridized carbons (Fsp3) is 0.898. The molecule has 9 unspecified atom stereocenters. The first-order valence-corrected chi connectivity index (χ1v) is 24.7. The van der Waals surface area contributed by atoms with Gasteiger partial charge in [0.25, 0.3) is 0 Å². The molecule has 1 aliphatic rings. The summed E-state index contributed by atoms with van der Waals surface area (Å²) < 4.78 is 11.0. The average Bonchev–Trinajstić information content (AvgIpc) is 3.25. The lowest BCUT2D eigenvalue weighted by atomic mass is 9.98. The molecule has 0 aromatic heterocycles. The van der Waals surface area contributed by atoms with Crippen molar-refractivity contribution < 1.29 is 50.0 Å². The second-order valence-corrected chi connectivity index (χ2v) is 17.5. The van der Waals surface area contributed by atoms with Gasteiger partial charge >= 0.3 is 0 Å². The zero-order valence-corrected chi connectivity index (χ0v) is 38.2. The van der Waals surface area contributed by atoms with Crippen molar-refractivity contribution in [3.8, 4) is 0 Å². The first kappa shape index (κ1) is 56.6. The zero-order valence-electron chi connectivity index (χ0n) is 38.2. The highest BCUT2D eigenvalue weighted by Gasteiger charge is 2.44. The highest BCUT2D eigenvalue weighted by Crippen LogP contribution is 2.23. The van der Waals surface area contributed by atoms with Crippen molar-refractivity contribution in [1.82, 2.24) is 5.32 Å². The van der Waals surface area contributed by atoms with E-state index in [-0.39, 0.29) is 12.8 Å². The van der Waals surface area contributed by atoms with Crippen molar-refractivity contribution in [3.05, 3.63) is 24.3 Å². The van der Waals surface area contributed by atoms with Gasteiger partial charge in [-0.25, -0.2) is 0 Å². The molecule has 1 saturated heterocycles. The summed E-state index contributed by atoms with van der Waals surface area (Å²) in [6.45, 7) is 3.30. The molecular weight excluding hydrogens is 763 g/mol. The molecule has 8 N–H and O–H groups in total. The first-order valence-electron chi connectivity index (χ1n) is 24.7. The minimum Gasteiger partial charge on any atom is -0.394 e. The monoisotopic (exact) mass is 856 g/mol. The van der Waals surface area contributed by atoms with Crippen molar-refractivity contribution in [2.45, 2.75) is 268 Å². The van der Waals surface area contributed by atoms with Gasteiger partial charge in [0.1, 0.15) is 36.6 Å². The minimum atomic E-state index is -1.66. The highest BCUT2D eigenvalue weighted by atomic mass is 16.7. The summed E-state index contributed by atoms with van der Waals surface area (Å²) in [5.74, 6) is -0.711. The van der Waals surface area contributed by atoms with E-state index in [1.807, 2.05) is 6.08 Å². The summed E-state index contributed by atoms with van der Waals surface area (Å²) in [7, 11) is 0. The Morgan fingerprint density at radius 2 is 1.02 bits per heavy atom. The van der Waals surface area contributed by atoms with Gasteiger partial charge in [-0.2, -0.15) is 0 Å². The van der Waals surface area contributed by atoms with Crippen LogP contribution < -0.4 is 5.32 Å². The molecular formula is C49H93NO10. The molecule has 0 aliphatic carbocycles. The maximum absolute atomic E-state index is 13.0. The van der Waals surface area contributed by atoms with Crippen LogP contribution in [0.3, 0.4) is 0 Å². The van der Waals surface area contributed by atoms with Crippen LogP contribution in [0.1, 0.15) is 213 Å². The van der Waals surface area contributed by atoms with Gasteiger partial charge in [0.2, 0.25) is 5.91 Å². The number of rotatable bonds is 41. The summed E-state index contributed by atoms with van der Waals surface area (Å²) in [5, 5.41) is 75.2.